The number of aliphatic carboxylic acids is 1. The molecule has 0 aromatic heterocycles. The monoisotopic (exact) mass is 300 g/mol. The normalized spacial score (nSPS) is 11.9. The summed E-state index contributed by atoms with van der Waals surface area (Å²) in [6.07, 6.45) is 4.89. The molecule has 4 heteroatoms. The third-order valence-corrected chi connectivity index (χ3v) is 3.13. The van der Waals surface area contributed by atoms with Gasteiger partial charge in [-0.3, -0.25) is 0 Å². The molecule has 1 N–H and O–H groups in total. The third-order valence-electron chi connectivity index (χ3n) is 3.13. The molecule has 0 aliphatic rings. The summed E-state index contributed by atoms with van der Waals surface area (Å²) in [7, 11) is 0. The lowest BCUT2D eigenvalue weighted by molar-refractivity contribution is -0.130. The number of allylic oxidation sites excluding steroid dienone is 3. The molecule has 112 valence electrons. The zero-order chi connectivity index (χ0) is 16.1. The molecule has 22 heavy (non-hydrogen) atoms. The van der Waals surface area contributed by atoms with Gasteiger partial charge in [0.15, 0.2) is 11.6 Å². The van der Waals surface area contributed by atoms with Crippen LogP contribution in [0.1, 0.15) is 12.5 Å². The molecule has 0 saturated heterocycles. The number of rotatable bonds is 4. The van der Waals surface area contributed by atoms with Gasteiger partial charge in [0, 0.05) is 0 Å². The Bertz CT molecular complexity index is 744. The van der Waals surface area contributed by atoms with Crippen LogP contribution in [0.5, 0.6) is 0 Å². The van der Waals surface area contributed by atoms with E-state index < -0.39 is 17.6 Å². The van der Waals surface area contributed by atoms with Crippen LogP contribution in [0.25, 0.3) is 16.7 Å². The molecule has 0 radical (unpaired) electrons. The fraction of sp³-hybridized carbons (Fsp3) is 0.0556. The molecule has 2 aromatic rings. The largest absolute Gasteiger partial charge is 0.478 e. The Morgan fingerprint density at radius 1 is 1.00 bits per heavy atom. The van der Waals surface area contributed by atoms with Crippen molar-refractivity contribution in [1.29, 1.82) is 0 Å². The van der Waals surface area contributed by atoms with Crippen LogP contribution in [-0.2, 0) is 4.79 Å². The van der Waals surface area contributed by atoms with E-state index in [-0.39, 0.29) is 5.57 Å². The van der Waals surface area contributed by atoms with E-state index in [1.807, 2.05) is 0 Å². The number of carboxylic acids is 1. The fourth-order valence-electron chi connectivity index (χ4n) is 2.00. The van der Waals surface area contributed by atoms with Gasteiger partial charge >= 0.3 is 5.97 Å². The van der Waals surface area contributed by atoms with Crippen molar-refractivity contribution in [3.05, 3.63) is 77.9 Å². The van der Waals surface area contributed by atoms with Crippen molar-refractivity contribution in [2.24, 2.45) is 0 Å². The van der Waals surface area contributed by atoms with E-state index in [0.717, 1.165) is 12.1 Å². The first-order chi connectivity index (χ1) is 10.5. The Morgan fingerprint density at radius 3 is 2.18 bits per heavy atom. The van der Waals surface area contributed by atoms with Crippen molar-refractivity contribution in [3.63, 3.8) is 0 Å². The molecule has 0 heterocycles. The Hall–Kier alpha value is -2.75. The van der Waals surface area contributed by atoms with Crippen molar-refractivity contribution in [2.75, 3.05) is 0 Å². The molecule has 0 spiro atoms. The summed E-state index contributed by atoms with van der Waals surface area (Å²) in [5.41, 5.74) is 1.91. The van der Waals surface area contributed by atoms with E-state index >= 15 is 0 Å². The summed E-state index contributed by atoms with van der Waals surface area (Å²) in [6.45, 7) is 1.79. The lowest BCUT2D eigenvalue weighted by atomic mass is 10.00. The van der Waals surface area contributed by atoms with E-state index in [9.17, 15) is 18.7 Å². The molecule has 0 unspecified atom stereocenters. The van der Waals surface area contributed by atoms with Crippen LogP contribution in [0, 0.1) is 11.6 Å². The Balaban J connectivity index is 2.37. The molecule has 0 aliphatic carbocycles. The van der Waals surface area contributed by atoms with Crippen molar-refractivity contribution < 1.29 is 18.7 Å². The maximum absolute atomic E-state index is 13.2. The SMILES string of the molecule is CC=CC=C(C(=O)O)c1ccc(-c2ccc(F)c(F)c2)cc1. The van der Waals surface area contributed by atoms with Crippen LogP contribution in [-0.4, -0.2) is 11.1 Å². The number of hydrogen-bond acceptors (Lipinski definition) is 1. The van der Waals surface area contributed by atoms with Crippen molar-refractivity contribution in [3.8, 4) is 11.1 Å². The minimum absolute atomic E-state index is 0.162. The number of carboxylic acid groups (broad SMARTS) is 1. The highest BCUT2D eigenvalue weighted by atomic mass is 19.2. The average molecular weight is 300 g/mol. The summed E-state index contributed by atoms with van der Waals surface area (Å²) in [6, 6.07) is 10.3. The fourth-order valence-corrected chi connectivity index (χ4v) is 2.00. The Kier molecular flexibility index (Phi) is 4.84. The predicted molar refractivity (Wildman–Crippen MR) is 82.2 cm³/mol. The molecule has 2 aromatic carbocycles. The number of hydrogen-bond donors (Lipinski definition) is 1. The molecule has 0 fully saturated rings. The van der Waals surface area contributed by atoms with Crippen LogP contribution in [0.15, 0.2) is 60.7 Å². The van der Waals surface area contributed by atoms with Gasteiger partial charge in [0.2, 0.25) is 0 Å². The lowest BCUT2D eigenvalue weighted by Crippen LogP contribution is -1.99. The maximum Gasteiger partial charge on any atom is 0.336 e. The van der Waals surface area contributed by atoms with Crippen LogP contribution in [0.4, 0.5) is 8.78 Å². The highest BCUT2D eigenvalue weighted by Crippen LogP contribution is 2.24. The summed E-state index contributed by atoms with van der Waals surface area (Å²) in [5.74, 6) is -2.85. The van der Waals surface area contributed by atoms with Gasteiger partial charge in [-0.1, -0.05) is 42.5 Å². The van der Waals surface area contributed by atoms with Gasteiger partial charge in [0.1, 0.15) is 0 Å². The highest BCUT2D eigenvalue weighted by molar-refractivity contribution is 6.15. The van der Waals surface area contributed by atoms with Crippen LogP contribution in [0.3, 0.4) is 0 Å². The van der Waals surface area contributed by atoms with Crippen LogP contribution < -0.4 is 0 Å². The summed E-state index contributed by atoms with van der Waals surface area (Å²) >= 11 is 0. The van der Waals surface area contributed by atoms with Gasteiger partial charge in [-0.15, -0.1) is 0 Å². The predicted octanol–water partition coefficient (Wildman–Crippen LogP) is 4.68. The van der Waals surface area contributed by atoms with E-state index in [0.29, 0.717) is 16.7 Å². The molecule has 0 saturated carbocycles. The van der Waals surface area contributed by atoms with Gasteiger partial charge in [0.05, 0.1) is 5.57 Å². The smallest absolute Gasteiger partial charge is 0.336 e. The van der Waals surface area contributed by atoms with Crippen molar-refractivity contribution in [2.45, 2.75) is 6.92 Å². The zero-order valence-electron chi connectivity index (χ0n) is 11.9. The third kappa shape index (κ3) is 3.47. The van der Waals surface area contributed by atoms with E-state index in [1.54, 1.807) is 43.3 Å². The topological polar surface area (TPSA) is 37.3 Å². The number of halogens is 2. The number of benzene rings is 2. The van der Waals surface area contributed by atoms with Gasteiger partial charge < -0.3 is 5.11 Å². The molecule has 0 aliphatic heterocycles. The Labute approximate surface area is 127 Å². The second-order valence-corrected chi connectivity index (χ2v) is 4.62. The van der Waals surface area contributed by atoms with Gasteiger partial charge in [-0.25, -0.2) is 13.6 Å². The quantitative estimate of drug-likeness (QED) is 0.657. The van der Waals surface area contributed by atoms with Gasteiger partial charge in [-0.05, 0) is 41.8 Å². The molecule has 0 bridgehead atoms. The standard InChI is InChI=1S/C18H14F2O2/c1-2-3-4-15(18(21)22)13-7-5-12(6-8-13)14-9-10-16(19)17(20)11-14/h2-11H,1H3,(H,21,22). The molecular weight excluding hydrogens is 286 g/mol. The second kappa shape index (κ2) is 6.80. The minimum atomic E-state index is -1.03. The van der Waals surface area contributed by atoms with Crippen molar-refractivity contribution in [1.82, 2.24) is 0 Å². The average Bonchev–Trinajstić information content (AvgIpc) is 2.51. The molecule has 0 atom stereocenters. The van der Waals surface area contributed by atoms with Crippen molar-refractivity contribution >= 4 is 11.5 Å². The van der Waals surface area contributed by atoms with E-state index in [2.05, 4.69) is 0 Å². The molecule has 2 nitrogen and oxygen atoms in total. The summed E-state index contributed by atoms with van der Waals surface area (Å²) < 4.78 is 26.2. The summed E-state index contributed by atoms with van der Waals surface area (Å²) in [5, 5.41) is 9.21. The van der Waals surface area contributed by atoms with E-state index in [1.165, 1.54) is 12.1 Å². The van der Waals surface area contributed by atoms with Crippen LogP contribution in [0.2, 0.25) is 0 Å². The maximum atomic E-state index is 13.2. The first-order valence-corrected chi connectivity index (χ1v) is 6.65. The first kappa shape index (κ1) is 15.6. The lowest BCUT2D eigenvalue weighted by Gasteiger charge is -2.06. The van der Waals surface area contributed by atoms with Gasteiger partial charge in [-0.2, -0.15) is 0 Å². The molecule has 0 amide bonds. The first-order valence-electron chi connectivity index (χ1n) is 6.65. The second-order valence-electron chi connectivity index (χ2n) is 4.62. The zero-order valence-corrected chi connectivity index (χ0v) is 11.9. The molecule has 2 rings (SSSR count). The minimum Gasteiger partial charge on any atom is -0.478 e. The Morgan fingerprint density at radius 2 is 1.64 bits per heavy atom. The molecular formula is C18H14F2O2. The highest BCUT2D eigenvalue weighted by Gasteiger charge is 2.10. The number of carbonyl (C=O) groups is 1. The summed E-state index contributed by atoms with van der Waals surface area (Å²) in [4.78, 5) is 11.2. The van der Waals surface area contributed by atoms with Crippen LogP contribution >= 0.6 is 0 Å². The van der Waals surface area contributed by atoms with E-state index in [4.69, 9.17) is 0 Å². The van der Waals surface area contributed by atoms with Gasteiger partial charge in [0.25, 0.3) is 0 Å².